The summed E-state index contributed by atoms with van der Waals surface area (Å²) in [5.41, 5.74) is 2.44. The van der Waals surface area contributed by atoms with Gasteiger partial charge in [-0.15, -0.1) is 0 Å². The van der Waals surface area contributed by atoms with Gasteiger partial charge in [-0.05, 0) is 50.9 Å². The van der Waals surface area contributed by atoms with E-state index in [1.165, 1.54) is 25.9 Å². The van der Waals surface area contributed by atoms with Crippen molar-refractivity contribution in [3.05, 3.63) is 41.6 Å². The van der Waals surface area contributed by atoms with E-state index in [4.69, 9.17) is 0 Å². The Morgan fingerprint density at radius 2 is 2.05 bits per heavy atom. The van der Waals surface area contributed by atoms with Gasteiger partial charge >= 0.3 is 0 Å². The van der Waals surface area contributed by atoms with Gasteiger partial charge in [0.25, 0.3) is 5.91 Å². The van der Waals surface area contributed by atoms with E-state index in [-0.39, 0.29) is 11.9 Å². The molecule has 2 bridgehead atoms. The number of aromatic nitrogens is 1. The molecule has 0 saturated carbocycles. The number of carbonyl (C=O) groups excluding carboxylic acids is 1. The number of hydrogen-bond acceptors (Lipinski definition) is 3. The summed E-state index contributed by atoms with van der Waals surface area (Å²) in [6, 6.07) is 10.1. The largest absolute Gasteiger partial charge is 0.348 e. The molecule has 3 fully saturated rings. The third-order valence-corrected chi connectivity index (χ3v) is 5.08. The van der Waals surface area contributed by atoms with Crippen LogP contribution < -0.4 is 5.32 Å². The van der Waals surface area contributed by atoms with Crippen molar-refractivity contribution in [2.75, 3.05) is 19.6 Å². The lowest BCUT2D eigenvalue weighted by Crippen LogP contribution is -2.57. The van der Waals surface area contributed by atoms with Gasteiger partial charge in [0.2, 0.25) is 0 Å². The summed E-state index contributed by atoms with van der Waals surface area (Å²) in [5.74, 6) is 0.654. The average Bonchev–Trinajstić information content (AvgIpc) is 2.55. The zero-order valence-electron chi connectivity index (χ0n) is 12.9. The van der Waals surface area contributed by atoms with Crippen molar-refractivity contribution in [3.63, 3.8) is 0 Å². The van der Waals surface area contributed by atoms with Gasteiger partial charge < -0.3 is 10.2 Å². The number of nitrogens with zero attached hydrogens (tertiary/aromatic N) is 2. The first-order valence-corrected chi connectivity index (χ1v) is 8.10. The Morgan fingerprint density at radius 1 is 1.23 bits per heavy atom. The van der Waals surface area contributed by atoms with Crippen LogP contribution in [0.2, 0.25) is 0 Å². The molecule has 3 aliphatic heterocycles. The lowest BCUT2D eigenvalue weighted by atomic mass is 9.84. The van der Waals surface area contributed by atoms with Gasteiger partial charge in [0.05, 0.1) is 11.1 Å². The fourth-order valence-electron chi connectivity index (χ4n) is 3.80. The monoisotopic (exact) mass is 295 g/mol. The number of piperidine rings is 3. The minimum atomic E-state index is 0.0162. The third kappa shape index (κ3) is 2.37. The van der Waals surface area contributed by atoms with Crippen LogP contribution in [0.1, 0.15) is 28.9 Å². The number of para-hydroxylation sites is 1. The summed E-state index contributed by atoms with van der Waals surface area (Å²) in [6.45, 7) is 5.33. The second kappa shape index (κ2) is 5.36. The molecule has 1 atom stereocenters. The number of benzene rings is 1. The fourth-order valence-corrected chi connectivity index (χ4v) is 3.80. The fraction of sp³-hybridized carbons (Fsp3) is 0.444. The second-order valence-corrected chi connectivity index (χ2v) is 6.55. The number of rotatable bonds is 2. The third-order valence-electron chi connectivity index (χ3n) is 5.08. The first-order chi connectivity index (χ1) is 10.7. The number of nitrogens with one attached hydrogen (secondary N) is 1. The smallest absolute Gasteiger partial charge is 0.253 e. The highest BCUT2D eigenvalue weighted by Crippen LogP contribution is 2.28. The molecule has 4 heterocycles. The van der Waals surface area contributed by atoms with Crippen molar-refractivity contribution in [3.8, 4) is 0 Å². The van der Waals surface area contributed by atoms with Crippen molar-refractivity contribution in [2.45, 2.75) is 25.8 Å². The van der Waals surface area contributed by atoms with Crippen molar-refractivity contribution < 1.29 is 4.79 Å². The number of pyridine rings is 1. The van der Waals surface area contributed by atoms with Crippen LogP contribution in [-0.4, -0.2) is 41.5 Å². The number of hydrogen-bond donors (Lipinski definition) is 1. The Labute approximate surface area is 130 Å². The number of amides is 1. The number of aryl methyl sites for hydroxylation is 1. The van der Waals surface area contributed by atoms with Crippen LogP contribution in [-0.2, 0) is 0 Å². The molecule has 1 aromatic heterocycles. The summed E-state index contributed by atoms with van der Waals surface area (Å²) in [7, 11) is 0. The maximum absolute atomic E-state index is 12.7. The van der Waals surface area contributed by atoms with Crippen LogP contribution in [0.4, 0.5) is 0 Å². The van der Waals surface area contributed by atoms with Crippen LogP contribution >= 0.6 is 0 Å². The Morgan fingerprint density at radius 3 is 2.77 bits per heavy atom. The molecular weight excluding hydrogens is 274 g/mol. The van der Waals surface area contributed by atoms with E-state index >= 15 is 0 Å². The van der Waals surface area contributed by atoms with Crippen molar-refractivity contribution >= 4 is 16.8 Å². The predicted octanol–water partition coefficient (Wildman–Crippen LogP) is 2.37. The molecule has 0 radical (unpaired) electrons. The van der Waals surface area contributed by atoms with Gasteiger partial charge in [-0.25, -0.2) is 0 Å². The molecule has 4 heteroatoms. The van der Waals surface area contributed by atoms with Gasteiger partial charge in [0.1, 0.15) is 0 Å². The molecule has 1 aromatic carbocycles. The Kier molecular flexibility index (Phi) is 3.34. The minimum Gasteiger partial charge on any atom is -0.348 e. The van der Waals surface area contributed by atoms with Gasteiger partial charge in [-0.2, -0.15) is 0 Å². The molecule has 5 rings (SSSR count). The van der Waals surface area contributed by atoms with Crippen LogP contribution in [0.25, 0.3) is 10.9 Å². The highest BCUT2D eigenvalue weighted by molar-refractivity contribution is 6.05. The molecule has 1 amide bonds. The Bertz CT molecular complexity index is 719. The molecule has 22 heavy (non-hydrogen) atoms. The minimum absolute atomic E-state index is 0.0162. The normalized spacial score (nSPS) is 27.0. The predicted molar refractivity (Wildman–Crippen MR) is 86.9 cm³/mol. The van der Waals surface area contributed by atoms with E-state index in [9.17, 15) is 4.79 Å². The average molecular weight is 295 g/mol. The Hall–Kier alpha value is -1.94. The summed E-state index contributed by atoms with van der Waals surface area (Å²) in [5, 5.41) is 4.28. The number of fused-ring (bicyclic) bond motifs is 4. The molecule has 2 aromatic rings. The molecule has 0 spiro atoms. The molecule has 3 aliphatic rings. The topological polar surface area (TPSA) is 45.2 Å². The van der Waals surface area contributed by atoms with Gasteiger partial charge in [0.15, 0.2) is 0 Å². The van der Waals surface area contributed by atoms with Crippen LogP contribution in [0.3, 0.4) is 0 Å². The standard InChI is InChI=1S/C18H21N3O/c1-12-5-6-14-3-2-4-15(17(14)19-12)18(22)20-16-11-21-9-7-13(16)8-10-21/h2-6,13,16H,7-11H2,1H3,(H,20,22). The maximum Gasteiger partial charge on any atom is 0.253 e. The number of carbonyl (C=O) groups is 1. The van der Waals surface area contributed by atoms with Crippen molar-refractivity contribution in [1.82, 2.24) is 15.2 Å². The van der Waals surface area contributed by atoms with Crippen LogP contribution in [0.15, 0.2) is 30.3 Å². The summed E-state index contributed by atoms with van der Waals surface area (Å²) < 4.78 is 0. The Balaban J connectivity index is 1.61. The molecule has 0 aliphatic carbocycles. The van der Waals surface area contributed by atoms with Gasteiger partial charge in [-0.3, -0.25) is 9.78 Å². The van der Waals surface area contributed by atoms with E-state index in [1.807, 2.05) is 37.3 Å². The molecule has 1 unspecified atom stereocenters. The maximum atomic E-state index is 12.7. The lowest BCUT2D eigenvalue weighted by Gasteiger charge is -2.44. The van der Waals surface area contributed by atoms with Crippen LogP contribution in [0, 0.1) is 12.8 Å². The van der Waals surface area contributed by atoms with Crippen molar-refractivity contribution in [1.29, 1.82) is 0 Å². The second-order valence-electron chi connectivity index (χ2n) is 6.55. The van der Waals surface area contributed by atoms with E-state index in [1.54, 1.807) is 0 Å². The van der Waals surface area contributed by atoms with E-state index < -0.39 is 0 Å². The lowest BCUT2D eigenvalue weighted by molar-refractivity contribution is 0.0621. The van der Waals surface area contributed by atoms with Crippen LogP contribution in [0.5, 0.6) is 0 Å². The highest BCUT2D eigenvalue weighted by Gasteiger charge is 2.35. The SMILES string of the molecule is Cc1ccc2cccc(C(=O)NC3CN4CCC3CC4)c2n1. The summed E-state index contributed by atoms with van der Waals surface area (Å²) in [6.07, 6.45) is 2.41. The van der Waals surface area contributed by atoms with E-state index in [0.29, 0.717) is 11.5 Å². The molecule has 3 saturated heterocycles. The first kappa shape index (κ1) is 13.7. The molecule has 114 valence electrons. The van der Waals surface area contributed by atoms with E-state index in [2.05, 4.69) is 15.2 Å². The summed E-state index contributed by atoms with van der Waals surface area (Å²) in [4.78, 5) is 19.8. The highest BCUT2D eigenvalue weighted by atomic mass is 16.1. The zero-order valence-corrected chi connectivity index (χ0v) is 12.9. The molecular formula is C18H21N3O. The van der Waals surface area contributed by atoms with E-state index in [0.717, 1.165) is 23.1 Å². The van der Waals surface area contributed by atoms with Gasteiger partial charge in [0, 0.05) is 23.7 Å². The quantitative estimate of drug-likeness (QED) is 0.925. The zero-order chi connectivity index (χ0) is 15.1. The molecule has 4 nitrogen and oxygen atoms in total. The van der Waals surface area contributed by atoms with Gasteiger partial charge in [-0.1, -0.05) is 18.2 Å². The summed E-state index contributed by atoms with van der Waals surface area (Å²) >= 11 is 0. The molecule has 1 N–H and O–H groups in total. The van der Waals surface area contributed by atoms with Crippen molar-refractivity contribution in [2.24, 2.45) is 5.92 Å². The first-order valence-electron chi connectivity index (χ1n) is 8.10.